The number of sulfonamides is 1. The van der Waals surface area contributed by atoms with Crippen LogP contribution in [0.4, 0.5) is 5.69 Å². The minimum Gasteiger partial charge on any atom is -0.352 e. The smallest absolute Gasteiger partial charge is 0.264 e. The van der Waals surface area contributed by atoms with Gasteiger partial charge in [0.05, 0.1) is 10.6 Å². The Bertz CT molecular complexity index is 1360. The van der Waals surface area contributed by atoms with Crippen molar-refractivity contribution in [2.45, 2.75) is 57.6 Å². The number of aryl methyl sites for hydroxylation is 1. The Balaban J connectivity index is 2.07. The molecule has 0 fully saturated rings. The summed E-state index contributed by atoms with van der Waals surface area (Å²) in [6.45, 7) is 6.78. The molecule has 0 aromatic heterocycles. The molecule has 0 aliphatic carbocycles. The fraction of sp³-hybridized carbons (Fsp3) is 0.310. The first-order chi connectivity index (χ1) is 18.1. The number of nitrogens with zero attached hydrogens (tertiary/aromatic N) is 2. The Labute approximate surface area is 230 Å². The van der Waals surface area contributed by atoms with Crippen molar-refractivity contribution in [2.75, 3.05) is 10.8 Å². The number of rotatable bonds is 11. The van der Waals surface area contributed by atoms with Crippen LogP contribution in [-0.4, -0.2) is 43.8 Å². The molecule has 0 aliphatic heterocycles. The zero-order chi connectivity index (χ0) is 27.9. The van der Waals surface area contributed by atoms with E-state index in [1.165, 1.54) is 17.0 Å². The highest BCUT2D eigenvalue weighted by molar-refractivity contribution is 7.92. The summed E-state index contributed by atoms with van der Waals surface area (Å²) >= 11 is 6.39. The molecule has 0 aliphatic rings. The van der Waals surface area contributed by atoms with Gasteiger partial charge in [-0.3, -0.25) is 13.9 Å². The first-order valence-corrected chi connectivity index (χ1v) is 14.4. The Morgan fingerprint density at radius 1 is 0.868 bits per heavy atom. The van der Waals surface area contributed by atoms with Gasteiger partial charge in [0.15, 0.2) is 0 Å². The fourth-order valence-corrected chi connectivity index (χ4v) is 5.75. The summed E-state index contributed by atoms with van der Waals surface area (Å²) in [6, 6.07) is 21.2. The summed E-state index contributed by atoms with van der Waals surface area (Å²) in [7, 11) is -4.10. The molecule has 9 heteroatoms. The van der Waals surface area contributed by atoms with E-state index in [-0.39, 0.29) is 23.4 Å². The lowest BCUT2D eigenvalue weighted by molar-refractivity contribution is -0.139. The lowest BCUT2D eigenvalue weighted by Gasteiger charge is -2.33. The molecule has 1 atom stereocenters. The average Bonchev–Trinajstić information content (AvgIpc) is 2.90. The zero-order valence-electron chi connectivity index (χ0n) is 22.1. The molecule has 3 rings (SSSR count). The number of benzene rings is 3. The molecule has 0 saturated carbocycles. The van der Waals surface area contributed by atoms with E-state index in [4.69, 9.17) is 11.6 Å². The summed E-state index contributed by atoms with van der Waals surface area (Å²) in [5, 5.41) is 3.29. The van der Waals surface area contributed by atoms with Crippen LogP contribution in [0.5, 0.6) is 0 Å². The molecular weight excluding hydrogens is 522 g/mol. The average molecular weight is 556 g/mol. The Morgan fingerprint density at radius 3 is 2.05 bits per heavy atom. The largest absolute Gasteiger partial charge is 0.352 e. The van der Waals surface area contributed by atoms with E-state index in [9.17, 15) is 18.0 Å². The van der Waals surface area contributed by atoms with Crippen molar-refractivity contribution in [1.29, 1.82) is 0 Å². The molecule has 3 aromatic carbocycles. The monoisotopic (exact) mass is 555 g/mol. The molecule has 38 heavy (non-hydrogen) atoms. The maximum absolute atomic E-state index is 13.9. The number of para-hydroxylation sites is 1. The maximum atomic E-state index is 13.9. The van der Waals surface area contributed by atoms with Crippen LogP contribution in [0.25, 0.3) is 0 Å². The van der Waals surface area contributed by atoms with Gasteiger partial charge in [-0.15, -0.1) is 0 Å². The number of nitrogens with one attached hydrogen (secondary N) is 1. The molecule has 0 spiro atoms. The third-order valence-electron chi connectivity index (χ3n) is 6.15. The number of amides is 2. The molecule has 0 bridgehead atoms. The van der Waals surface area contributed by atoms with Crippen molar-refractivity contribution in [3.8, 4) is 0 Å². The van der Waals surface area contributed by atoms with Gasteiger partial charge in [0.2, 0.25) is 11.8 Å². The van der Waals surface area contributed by atoms with E-state index in [0.29, 0.717) is 22.7 Å². The molecule has 2 amide bonds. The SMILES string of the molecule is CCc1ccccc1N(CC(=O)N(Cc1ccccc1Cl)C(C)C(=O)NC(C)C)S(=O)(=O)c1ccccc1. The summed E-state index contributed by atoms with van der Waals surface area (Å²) < 4.78 is 28.9. The van der Waals surface area contributed by atoms with Crippen LogP contribution in [0, 0.1) is 0 Å². The van der Waals surface area contributed by atoms with Gasteiger partial charge in [-0.2, -0.15) is 0 Å². The molecule has 1 unspecified atom stereocenters. The standard InChI is InChI=1S/C29H34ClN3O4S/c1-5-23-13-10-12-18-27(23)33(38(36,37)25-15-7-6-8-16-25)20-28(34)32(22(4)29(35)31-21(2)3)19-24-14-9-11-17-26(24)30/h6-18,21-22H,5,19-20H2,1-4H3,(H,31,35). The molecule has 1 N–H and O–H groups in total. The molecule has 0 heterocycles. The van der Waals surface area contributed by atoms with E-state index in [2.05, 4.69) is 5.32 Å². The van der Waals surface area contributed by atoms with Crippen LogP contribution in [-0.2, 0) is 32.6 Å². The van der Waals surface area contributed by atoms with Gasteiger partial charge in [0.25, 0.3) is 10.0 Å². The number of halogens is 1. The first kappa shape index (κ1) is 29.2. The van der Waals surface area contributed by atoms with Gasteiger partial charge < -0.3 is 10.2 Å². The van der Waals surface area contributed by atoms with Gasteiger partial charge in [-0.25, -0.2) is 8.42 Å². The van der Waals surface area contributed by atoms with Crippen molar-refractivity contribution in [3.63, 3.8) is 0 Å². The minimum absolute atomic E-state index is 0.0415. The first-order valence-electron chi connectivity index (χ1n) is 12.5. The Hall–Kier alpha value is -3.36. The summed E-state index contributed by atoms with van der Waals surface area (Å²) in [5.41, 5.74) is 1.85. The van der Waals surface area contributed by atoms with Crippen LogP contribution >= 0.6 is 11.6 Å². The molecule has 0 saturated heterocycles. The van der Waals surface area contributed by atoms with E-state index < -0.39 is 28.5 Å². The van der Waals surface area contributed by atoms with Crippen LogP contribution in [0.3, 0.4) is 0 Å². The summed E-state index contributed by atoms with van der Waals surface area (Å²) in [6.07, 6.45) is 0.571. The van der Waals surface area contributed by atoms with E-state index >= 15 is 0 Å². The number of hydrogen-bond acceptors (Lipinski definition) is 4. The van der Waals surface area contributed by atoms with Gasteiger partial charge in [-0.1, -0.05) is 73.1 Å². The van der Waals surface area contributed by atoms with E-state index in [0.717, 1.165) is 9.87 Å². The quantitative estimate of drug-likeness (QED) is 0.359. The van der Waals surface area contributed by atoms with Crippen molar-refractivity contribution < 1.29 is 18.0 Å². The van der Waals surface area contributed by atoms with Gasteiger partial charge in [0, 0.05) is 17.6 Å². The predicted octanol–water partition coefficient (Wildman–Crippen LogP) is 5.04. The second-order valence-electron chi connectivity index (χ2n) is 9.26. The summed E-state index contributed by atoms with van der Waals surface area (Å²) in [5.74, 6) is -0.867. The molecule has 0 radical (unpaired) electrons. The van der Waals surface area contributed by atoms with Crippen molar-refractivity contribution in [3.05, 3.63) is 95.0 Å². The molecular formula is C29H34ClN3O4S. The topological polar surface area (TPSA) is 86.8 Å². The molecule has 7 nitrogen and oxygen atoms in total. The molecule has 202 valence electrons. The third-order valence-corrected chi connectivity index (χ3v) is 8.29. The maximum Gasteiger partial charge on any atom is 0.264 e. The zero-order valence-corrected chi connectivity index (χ0v) is 23.7. The summed E-state index contributed by atoms with van der Waals surface area (Å²) in [4.78, 5) is 28.4. The number of anilines is 1. The Morgan fingerprint density at radius 2 is 1.45 bits per heavy atom. The lowest BCUT2D eigenvalue weighted by Crippen LogP contribution is -2.52. The predicted molar refractivity (Wildman–Crippen MR) is 152 cm³/mol. The van der Waals surface area contributed by atoms with Crippen molar-refractivity contribution in [2.24, 2.45) is 0 Å². The second kappa shape index (κ2) is 12.9. The number of carbonyl (C=O) groups is 2. The van der Waals surface area contributed by atoms with Crippen molar-refractivity contribution >= 4 is 39.1 Å². The van der Waals surface area contributed by atoms with Gasteiger partial charge in [-0.05, 0) is 62.6 Å². The Kier molecular flexibility index (Phi) is 9.94. The van der Waals surface area contributed by atoms with E-state index in [1.54, 1.807) is 61.5 Å². The van der Waals surface area contributed by atoms with Crippen LogP contribution < -0.4 is 9.62 Å². The van der Waals surface area contributed by atoms with Gasteiger partial charge in [0.1, 0.15) is 12.6 Å². The van der Waals surface area contributed by atoms with Crippen molar-refractivity contribution in [1.82, 2.24) is 10.2 Å². The second-order valence-corrected chi connectivity index (χ2v) is 11.5. The van der Waals surface area contributed by atoms with E-state index in [1.807, 2.05) is 32.9 Å². The van der Waals surface area contributed by atoms with Gasteiger partial charge >= 0.3 is 0 Å². The highest BCUT2D eigenvalue weighted by Gasteiger charge is 2.33. The normalized spacial score (nSPS) is 12.2. The van der Waals surface area contributed by atoms with Crippen LogP contribution in [0.1, 0.15) is 38.8 Å². The fourth-order valence-electron chi connectivity index (χ4n) is 4.08. The number of hydrogen-bond donors (Lipinski definition) is 1. The lowest BCUT2D eigenvalue weighted by atomic mass is 10.1. The molecule has 3 aromatic rings. The highest BCUT2D eigenvalue weighted by atomic mass is 35.5. The highest BCUT2D eigenvalue weighted by Crippen LogP contribution is 2.28. The van der Waals surface area contributed by atoms with Crippen LogP contribution in [0.2, 0.25) is 5.02 Å². The third kappa shape index (κ3) is 6.94. The van der Waals surface area contributed by atoms with Crippen LogP contribution in [0.15, 0.2) is 83.8 Å². The number of carbonyl (C=O) groups excluding carboxylic acids is 2. The minimum atomic E-state index is -4.10.